The van der Waals surface area contributed by atoms with Gasteiger partial charge in [0.25, 0.3) is 0 Å². The molecule has 0 saturated carbocycles. The van der Waals surface area contributed by atoms with E-state index in [1.54, 1.807) is 14.2 Å². The van der Waals surface area contributed by atoms with Crippen LogP contribution in [0.4, 0.5) is 0 Å². The third-order valence-corrected chi connectivity index (χ3v) is 1.29. The lowest BCUT2D eigenvalue weighted by Gasteiger charge is -2.04. The maximum absolute atomic E-state index is 8.74. The highest BCUT2D eigenvalue weighted by molar-refractivity contribution is 7.79. The fourth-order valence-corrected chi connectivity index (χ4v) is 0.787. The molecule has 0 aromatic heterocycles. The molecule has 86 valence electrons. The molecule has 1 aromatic rings. The van der Waals surface area contributed by atoms with Crippen molar-refractivity contribution >= 4 is 10.4 Å². The van der Waals surface area contributed by atoms with Crippen molar-refractivity contribution in [2.75, 3.05) is 14.2 Å². The van der Waals surface area contributed by atoms with Crippen LogP contribution in [0.15, 0.2) is 24.3 Å². The average Bonchev–Trinajstić information content (AvgIpc) is 2.15. The van der Waals surface area contributed by atoms with Crippen molar-refractivity contribution in [2.24, 2.45) is 0 Å². The number of benzene rings is 1. The smallest absolute Gasteiger partial charge is 0.394 e. The lowest BCUT2D eigenvalue weighted by Crippen LogP contribution is -1.89. The summed E-state index contributed by atoms with van der Waals surface area (Å²) in [7, 11) is -1.42. The summed E-state index contributed by atoms with van der Waals surface area (Å²) >= 11 is 0. The zero-order valence-electron chi connectivity index (χ0n) is 8.25. The molecule has 1 aromatic carbocycles. The van der Waals surface area contributed by atoms with E-state index in [4.69, 9.17) is 27.0 Å². The van der Waals surface area contributed by atoms with Gasteiger partial charge in [-0.15, -0.1) is 0 Å². The molecule has 2 N–H and O–H groups in total. The molecule has 6 nitrogen and oxygen atoms in total. The van der Waals surface area contributed by atoms with Gasteiger partial charge in [-0.05, 0) is 12.1 Å². The summed E-state index contributed by atoms with van der Waals surface area (Å²) in [5.74, 6) is 1.54. The largest absolute Gasteiger partial charge is 0.493 e. The van der Waals surface area contributed by atoms with Gasteiger partial charge in [-0.1, -0.05) is 12.1 Å². The number of para-hydroxylation sites is 2. The highest BCUT2D eigenvalue weighted by Crippen LogP contribution is 2.24. The highest BCUT2D eigenvalue weighted by atomic mass is 32.3. The van der Waals surface area contributed by atoms with E-state index < -0.39 is 10.4 Å². The van der Waals surface area contributed by atoms with Gasteiger partial charge in [0.15, 0.2) is 11.5 Å². The minimum atomic E-state index is -4.67. The molecule has 0 bridgehead atoms. The molecule has 0 saturated heterocycles. The van der Waals surface area contributed by atoms with Crippen LogP contribution in [0.2, 0.25) is 0 Å². The molecule has 0 aliphatic heterocycles. The second-order valence-corrected chi connectivity index (χ2v) is 3.20. The van der Waals surface area contributed by atoms with Crippen LogP contribution in [-0.2, 0) is 10.4 Å². The molecule has 1 rings (SSSR count). The first-order valence-electron chi connectivity index (χ1n) is 3.75. The van der Waals surface area contributed by atoms with Crippen LogP contribution in [-0.4, -0.2) is 31.7 Å². The summed E-state index contributed by atoms with van der Waals surface area (Å²) in [6, 6.07) is 7.53. The normalized spacial score (nSPS) is 9.87. The van der Waals surface area contributed by atoms with E-state index in [9.17, 15) is 0 Å². The monoisotopic (exact) mass is 236 g/mol. The molecule has 0 amide bonds. The van der Waals surface area contributed by atoms with Gasteiger partial charge in [0.2, 0.25) is 0 Å². The van der Waals surface area contributed by atoms with E-state index in [1.807, 2.05) is 24.3 Å². The first-order valence-corrected chi connectivity index (χ1v) is 5.15. The van der Waals surface area contributed by atoms with E-state index in [-0.39, 0.29) is 0 Å². The molecule has 0 unspecified atom stereocenters. The molecule has 0 fully saturated rings. The molecule has 0 spiro atoms. The molecular weight excluding hydrogens is 224 g/mol. The van der Waals surface area contributed by atoms with Gasteiger partial charge < -0.3 is 9.47 Å². The zero-order valence-corrected chi connectivity index (χ0v) is 9.06. The molecule has 0 radical (unpaired) electrons. The van der Waals surface area contributed by atoms with Crippen LogP contribution >= 0.6 is 0 Å². The number of rotatable bonds is 2. The van der Waals surface area contributed by atoms with Gasteiger partial charge in [-0.3, -0.25) is 9.11 Å². The van der Waals surface area contributed by atoms with E-state index in [1.165, 1.54) is 0 Å². The van der Waals surface area contributed by atoms with Gasteiger partial charge >= 0.3 is 10.4 Å². The Labute approximate surface area is 88.0 Å². The van der Waals surface area contributed by atoms with E-state index in [0.717, 1.165) is 11.5 Å². The Morgan fingerprint density at radius 2 is 1.27 bits per heavy atom. The topological polar surface area (TPSA) is 93.1 Å². The van der Waals surface area contributed by atoms with Crippen LogP contribution < -0.4 is 9.47 Å². The quantitative estimate of drug-likeness (QED) is 0.745. The van der Waals surface area contributed by atoms with Crippen molar-refractivity contribution in [1.29, 1.82) is 0 Å². The number of methoxy groups -OCH3 is 2. The molecular formula is C8H12O6S. The Kier molecular flexibility index (Phi) is 5.68. The Hall–Kier alpha value is -1.31. The predicted octanol–water partition coefficient (Wildman–Crippen LogP) is 1.05. The molecule has 0 aliphatic rings. The van der Waals surface area contributed by atoms with Crippen molar-refractivity contribution in [2.45, 2.75) is 0 Å². The van der Waals surface area contributed by atoms with Gasteiger partial charge in [0, 0.05) is 0 Å². The van der Waals surface area contributed by atoms with Crippen molar-refractivity contribution < 1.29 is 27.0 Å². The first kappa shape index (κ1) is 13.7. The summed E-state index contributed by atoms with van der Waals surface area (Å²) in [5, 5.41) is 0. The van der Waals surface area contributed by atoms with Crippen molar-refractivity contribution in [3.8, 4) is 11.5 Å². The molecule has 0 heterocycles. The summed E-state index contributed by atoms with van der Waals surface area (Å²) in [6.45, 7) is 0. The third kappa shape index (κ3) is 7.74. The van der Waals surface area contributed by atoms with Gasteiger partial charge in [-0.2, -0.15) is 8.42 Å². The van der Waals surface area contributed by atoms with Crippen molar-refractivity contribution in [3.05, 3.63) is 24.3 Å². The van der Waals surface area contributed by atoms with Crippen LogP contribution in [0.5, 0.6) is 11.5 Å². The predicted molar refractivity (Wildman–Crippen MR) is 53.7 cm³/mol. The summed E-state index contributed by atoms with van der Waals surface area (Å²) < 4.78 is 41.6. The minimum Gasteiger partial charge on any atom is -0.493 e. The van der Waals surface area contributed by atoms with Crippen LogP contribution in [0.3, 0.4) is 0 Å². The fourth-order valence-electron chi connectivity index (χ4n) is 0.787. The first-order chi connectivity index (χ1) is 6.88. The maximum Gasteiger partial charge on any atom is 0.394 e. The zero-order chi connectivity index (χ0) is 11.9. The third-order valence-electron chi connectivity index (χ3n) is 1.29. The Morgan fingerprint density at radius 1 is 1.00 bits per heavy atom. The van der Waals surface area contributed by atoms with Crippen LogP contribution in [0.25, 0.3) is 0 Å². The van der Waals surface area contributed by atoms with E-state index in [2.05, 4.69) is 0 Å². The Morgan fingerprint density at radius 3 is 1.47 bits per heavy atom. The van der Waals surface area contributed by atoms with Crippen molar-refractivity contribution in [1.82, 2.24) is 0 Å². The summed E-state index contributed by atoms with van der Waals surface area (Å²) in [5.41, 5.74) is 0. The summed E-state index contributed by atoms with van der Waals surface area (Å²) in [4.78, 5) is 0. The van der Waals surface area contributed by atoms with E-state index in [0.29, 0.717) is 0 Å². The lowest BCUT2D eigenvalue weighted by molar-refractivity contribution is 0.355. The minimum absolute atomic E-state index is 0.769. The lowest BCUT2D eigenvalue weighted by atomic mass is 10.3. The average molecular weight is 236 g/mol. The van der Waals surface area contributed by atoms with Gasteiger partial charge in [0.05, 0.1) is 14.2 Å². The fraction of sp³-hybridized carbons (Fsp3) is 0.250. The molecule has 0 aliphatic carbocycles. The summed E-state index contributed by atoms with van der Waals surface area (Å²) in [6.07, 6.45) is 0. The van der Waals surface area contributed by atoms with E-state index >= 15 is 0 Å². The second-order valence-electron chi connectivity index (χ2n) is 2.30. The van der Waals surface area contributed by atoms with Crippen molar-refractivity contribution in [3.63, 3.8) is 0 Å². The Balaban J connectivity index is 0.000000336. The SMILES string of the molecule is COc1ccccc1OC.O=S(=O)(O)O. The van der Waals surface area contributed by atoms with Crippen LogP contribution in [0.1, 0.15) is 0 Å². The molecule has 7 heteroatoms. The standard InChI is InChI=1S/C8H10O2.H2O4S/c1-9-7-5-3-4-6-8(7)10-2;1-5(2,3)4/h3-6H,1-2H3;(H2,1,2,3,4). The number of ether oxygens (including phenoxy) is 2. The van der Waals surface area contributed by atoms with Gasteiger partial charge in [-0.25, -0.2) is 0 Å². The highest BCUT2D eigenvalue weighted by Gasteiger charge is 1.97. The second kappa shape index (κ2) is 6.23. The Bertz CT molecular complexity index is 355. The van der Waals surface area contributed by atoms with Crippen LogP contribution in [0, 0.1) is 0 Å². The maximum atomic E-state index is 8.74. The molecule has 15 heavy (non-hydrogen) atoms. The van der Waals surface area contributed by atoms with Gasteiger partial charge in [0.1, 0.15) is 0 Å². The number of hydrogen-bond donors (Lipinski definition) is 2. The molecule has 0 atom stereocenters. The number of hydrogen-bond acceptors (Lipinski definition) is 4.